The lowest BCUT2D eigenvalue weighted by Crippen LogP contribution is -2.34. The number of hydrogen-bond acceptors (Lipinski definition) is 4. The summed E-state index contributed by atoms with van der Waals surface area (Å²) >= 11 is 23.0. The Morgan fingerprint density at radius 1 is 0.960 bits per heavy atom. The molecule has 0 saturated heterocycles. The largest absolute Gasteiger partial charge is 0.486 e. The van der Waals surface area contributed by atoms with Gasteiger partial charge in [0.05, 0.1) is 20.8 Å². The Labute approximate surface area is 164 Å². The van der Waals surface area contributed by atoms with E-state index in [1.807, 2.05) is 0 Å². The monoisotopic (exact) mass is 416 g/mol. The summed E-state index contributed by atoms with van der Waals surface area (Å²) in [6.07, 6.45) is 0. The van der Waals surface area contributed by atoms with Crippen LogP contribution in [0.1, 0.15) is 10.4 Å². The number of nitrogens with one attached hydrogen (secondary N) is 2. The van der Waals surface area contributed by atoms with Crippen molar-refractivity contribution in [2.45, 2.75) is 0 Å². The summed E-state index contributed by atoms with van der Waals surface area (Å²) in [7, 11) is 0. The van der Waals surface area contributed by atoms with E-state index in [0.717, 1.165) is 0 Å². The van der Waals surface area contributed by atoms with Crippen molar-refractivity contribution in [2.75, 3.05) is 18.5 Å². The van der Waals surface area contributed by atoms with Crippen LogP contribution in [0.15, 0.2) is 30.3 Å². The maximum Gasteiger partial charge on any atom is 0.257 e. The Bertz CT molecular complexity index is 861. The Morgan fingerprint density at radius 2 is 1.64 bits per heavy atom. The van der Waals surface area contributed by atoms with E-state index >= 15 is 0 Å². The molecule has 2 aromatic rings. The lowest BCUT2D eigenvalue weighted by Gasteiger charge is -2.18. The number of fused-ring (bicyclic) bond motifs is 1. The van der Waals surface area contributed by atoms with Crippen LogP contribution in [0.25, 0.3) is 0 Å². The second-order valence-electron chi connectivity index (χ2n) is 5.01. The first-order valence-corrected chi connectivity index (χ1v) is 8.65. The van der Waals surface area contributed by atoms with Crippen molar-refractivity contribution in [3.05, 3.63) is 51.0 Å². The molecule has 25 heavy (non-hydrogen) atoms. The molecule has 0 unspecified atom stereocenters. The van der Waals surface area contributed by atoms with Gasteiger partial charge in [0.1, 0.15) is 13.2 Å². The van der Waals surface area contributed by atoms with Crippen molar-refractivity contribution in [1.82, 2.24) is 5.32 Å². The molecule has 5 nitrogen and oxygen atoms in total. The van der Waals surface area contributed by atoms with Crippen LogP contribution in [-0.2, 0) is 0 Å². The summed E-state index contributed by atoms with van der Waals surface area (Å²) in [4.78, 5) is 12.3. The minimum atomic E-state index is -0.398. The molecule has 0 aromatic heterocycles. The summed E-state index contributed by atoms with van der Waals surface area (Å²) in [5, 5.41) is 6.40. The highest BCUT2D eigenvalue weighted by atomic mass is 35.5. The van der Waals surface area contributed by atoms with Crippen LogP contribution in [0.4, 0.5) is 5.69 Å². The third kappa shape index (κ3) is 4.27. The molecule has 0 spiro atoms. The van der Waals surface area contributed by atoms with E-state index in [2.05, 4.69) is 10.6 Å². The summed E-state index contributed by atoms with van der Waals surface area (Å²) in [5.74, 6) is 0.724. The van der Waals surface area contributed by atoms with Crippen LogP contribution in [0, 0.1) is 0 Å². The van der Waals surface area contributed by atoms with Crippen molar-refractivity contribution in [3.8, 4) is 11.5 Å². The predicted molar refractivity (Wildman–Crippen MR) is 103 cm³/mol. The summed E-state index contributed by atoms with van der Waals surface area (Å²) in [6, 6.07) is 7.90. The van der Waals surface area contributed by atoms with Gasteiger partial charge in [0, 0.05) is 5.56 Å². The number of thiocarbonyl (C=S) groups is 1. The van der Waals surface area contributed by atoms with Gasteiger partial charge in [-0.3, -0.25) is 10.1 Å². The van der Waals surface area contributed by atoms with Gasteiger partial charge in [-0.1, -0.05) is 34.8 Å². The van der Waals surface area contributed by atoms with E-state index in [1.54, 1.807) is 18.2 Å². The predicted octanol–water partition coefficient (Wildman–Crippen LogP) is 4.54. The SMILES string of the molecule is O=C(NC(=S)Nc1cc(Cl)c(Cl)cc1Cl)c1ccc2c(c1)OCCO2. The van der Waals surface area contributed by atoms with Gasteiger partial charge in [-0.15, -0.1) is 0 Å². The maximum atomic E-state index is 12.3. The number of halogens is 3. The van der Waals surface area contributed by atoms with Crippen molar-refractivity contribution in [1.29, 1.82) is 0 Å². The van der Waals surface area contributed by atoms with Gasteiger partial charge in [0.15, 0.2) is 16.6 Å². The molecule has 2 N–H and O–H groups in total. The molecule has 0 saturated carbocycles. The maximum absolute atomic E-state index is 12.3. The van der Waals surface area contributed by atoms with E-state index in [4.69, 9.17) is 56.5 Å². The lowest BCUT2D eigenvalue weighted by atomic mass is 10.2. The van der Waals surface area contributed by atoms with Gasteiger partial charge in [-0.25, -0.2) is 0 Å². The topological polar surface area (TPSA) is 59.6 Å². The fourth-order valence-corrected chi connectivity index (χ4v) is 2.93. The van der Waals surface area contributed by atoms with Crippen molar-refractivity contribution in [3.63, 3.8) is 0 Å². The van der Waals surface area contributed by atoms with Crippen LogP contribution in [0.3, 0.4) is 0 Å². The Morgan fingerprint density at radius 3 is 2.40 bits per heavy atom. The fourth-order valence-electron chi connectivity index (χ4n) is 2.13. The molecule has 1 aliphatic heterocycles. The Kier molecular flexibility index (Phi) is 5.54. The number of hydrogen-bond donors (Lipinski definition) is 2. The molecule has 1 heterocycles. The third-order valence-corrected chi connectivity index (χ3v) is 4.53. The highest BCUT2D eigenvalue weighted by Gasteiger charge is 2.16. The van der Waals surface area contributed by atoms with E-state index < -0.39 is 5.91 Å². The van der Waals surface area contributed by atoms with Crippen LogP contribution >= 0.6 is 47.0 Å². The summed E-state index contributed by atoms with van der Waals surface area (Å²) < 4.78 is 10.9. The number of benzene rings is 2. The molecule has 1 amide bonds. The van der Waals surface area contributed by atoms with Crippen LogP contribution in [-0.4, -0.2) is 24.2 Å². The normalized spacial score (nSPS) is 12.4. The van der Waals surface area contributed by atoms with E-state index in [0.29, 0.717) is 51.0 Å². The molecular formula is C16H11Cl3N2O3S. The number of ether oxygens (including phenoxy) is 2. The van der Waals surface area contributed by atoms with E-state index in [9.17, 15) is 4.79 Å². The van der Waals surface area contributed by atoms with Gasteiger partial charge in [0.25, 0.3) is 5.91 Å². The summed E-state index contributed by atoms with van der Waals surface area (Å²) in [6.45, 7) is 0.921. The fraction of sp³-hybridized carbons (Fsp3) is 0.125. The van der Waals surface area contributed by atoms with Gasteiger partial charge < -0.3 is 14.8 Å². The Balaban J connectivity index is 1.69. The first-order chi connectivity index (χ1) is 11.9. The number of anilines is 1. The van der Waals surface area contributed by atoms with E-state index in [1.165, 1.54) is 12.1 Å². The minimum absolute atomic E-state index is 0.0696. The highest BCUT2D eigenvalue weighted by Crippen LogP contribution is 2.32. The number of amides is 1. The molecule has 130 valence electrons. The molecule has 3 rings (SSSR count). The number of rotatable bonds is 2. The smallest absolute Gasteiger partial charge is 0.257 e. The molecule has 0 atom stereocenters. The first-order valence-electron chi connectivity index (χ1n) is 7.10. The van der Waals surface area contributed by atoms with Gasteiger partial charge in [0.2, 0.25) is 0 Å². The lowest BCUT2D eigenvalue weighted by molar-refractivity contribution is 0.0976. The average molecular weight is 418 g/mol. The molecule has 9 heteroatoms. The molecule has 0 fully saturated rings. The zero-order valence-corrected chi connectivity index (χ0v) is 15.7. The van der Waals surface area contributed by atoms with Crippen LogP contribution < -0.4 is 20.1 Å². The molecule has 1 aliphatic rings. The van der Waals surface area contributed by atoms with E-state index in [-0.39, 0.29) is 5.11 Å². The first kappa shape index (κ1) is 18.1. The van der Waals surface area contributed by atoms with Gasteiger partial charge in [-0.2, -0.15) is 0 Å². The quantitative estimate of drug-likeness (QED) is 0.555. The minimum Gasteiger partial charge on any atom is -0.486 e. The van der Waals surface area contributed by atoms with Crippen LogP contribution in [0.5, 0.6) is 11.5 Å². The average Bonchev–Trinajstić information content (AvgIpc) is 2.59. The molecule has 2 aromatic carbocycles. The second kappa shape index (κ2) is 7.66. The molecular weight excluding hydrogens is 407 g/mol. The van der Waals surface area contributed by atoms with Gasteiger partial charge in [-0.05, 0) is 42.5 Å². The van der Waals surface area contributed by atoms with Gasteiger partial charge >= 0.3 is 0 Å². The van der Waals surface area contributed by atoms with Crippen LogP contribution in [0.2, 0.25) is 15.1 Å². The number of carbonyl (C=O) groups is 1. The molecule has 0 aliphatic carbocycles. The second-order valence-corrected chi connectivity index (χ2v) is 6.64. The Hall–Kier alpha value is -1.73. The summed E-state index contributed by atoms with van der Waals surface area (Å²) in [5.41, 5.74) is 0.817. The van der Waals surface area contributed by atoms with Crippen molar-refractivity contribution >= 4 is 63.7 Å². The van der Waals surface area contributed by atoms with Crippen molar-refractivity contribution < 1.29 is 14.3 Å². The molecule has 0 radical (unpaired) electrons. The standard InChI is InChI=1S/C16H11Cl3N2O3S/c17-9-6-11(19)12(7-10(9)18)20-16(25)21-15(22)8-1-2-13-14(5-8)24-4-3-23-13/h1-2,5-7H,3-4H2,(H2,20,21,22,25). The number of carbonyl (C=O) groups excluding carboxylic acids is 1. The zero-order chi connectivity index (χ0) is 18.0. The third-order valence-electron chi connectivity index (χ3n) is 3.29. The molecule has 0 bridgehead atoms. The van der Waals surface area contributed by atoms with Crippen molar-refractivity contribution in [2.24, 2.45) is 0 Å². The zero-order valence-electron chi connectivity index (χ0n) is 12.6. The highest BCUT2D eigenvalue weighted by molar-refractivity contribution is 7.80.